The smallest absolute Gasteiger partial charge is 0.322 e. The zero-order valence-corrected chi connectivity index (χ0v) is 19.4. The van der Waals surface area contributed by atoms with Gasteiger partial charge >= 0.3 is 6.18 Å². The lowest BCUT2D eigenvalue weighted by atomic mass is 10.2. The standard InChI is InChI=1S/C25H24F3N3O3S/c26-25(27,28)20-9-11-21(12-10-20)29-24(32)19-7-4-8-23(15-19)35(33,34)30-22-13-14-31(17-22)16-18-5-2-1-3-6-18/h1-12,15,22,30H,13-14,16-17H2,(H,29,32). The third-order valence-electron chi connectivity index (χ3n) is 5.72. The molecular weight excluding hydrogens is 479 g/mol. The van der Waals surface area contributed by atoms with E-state index in [-0.39, 0.29) is 22.2 Å². The van der Waals surface area contributed by atoms with E-state index < -0.39 is 27.7 Å². The molecule has 0 aliphatic carbocycles. The van der Waals surface area contributed by atoms with Crippen LogP contribution < -0.4 is 10.0 Å². The summed E-state index contributed by atoms with van der Waals surface area (Å²) in [6, 6.07) is 19.2. The average molecular weight is 504 g/mol. The summed E-state index contributed by atoms with van der Waals surface area (Å²) in [6.45, 7) is 2.07. The van der Waals surface area contributed by atoms with E-state index in [0.717, 1.165) is 42.9 Å². The van der Waals surface area contributed by atoms with Crippen molar-refractivity contribution in [2.24, 2.45) is 0 Å². The lowest BCUT2D eigenvalue weighted by molar-refractivity contribution is -0.137. The number of nitrogens with one attached hydrogen (secondary N) is 2. The summed E-state index contributed by atoms with van der Waals surface area (Å²) in [5, 5.41) is 2.49. The Morgan fingerprint density at radius 2 is 1.69 bits per heavy atom. The van der Waals surface area contributed by atoms with Crippen LogP contribution in [0.4, 0.5) is 18.9 Å². The number of benzene rings is 3. The van der Waals surface area contributed by atoms with Gasteiger partial charge in [-0.05, 0) is 54.4 Å². The molecular formula is C25H24F3N3O3S. The zero-order chi connectivity index (χ0) is 25.1. The van der Waals surface area contributed by atoms with Gasteiger partial charge in [0.15, 0.2) is 0 Å². The number of alkyl halides is 3. The maximum absolute atomic E-state index is 12.9. The Balaban J connectivity index is 1.39. The van der Waals surface area contributed by atoms with Crippen LogP contribution in [0.2, 0.25) is 0 Å². The lowest BCUT2D eigenvalue weighted by Crippen LogP contribution is -2.37. The van der Waals surface area contributed by atoms with Crippen LogP contribution in [0.5, 0.6) is 0 Å². The van der Waals surface area contributed by atoms with Gasteiger partial charge in [0.05, 0.1) is 10.5 Å². The topological polar surface area (TPSA) is 78.5 Å². The molecule has 0 saturated carbocycles. The van der Waals surface area contributed by atoms with Crippen LogP contribution in [0.3, 0.4) is 0 Å². The van der Waals surface area contributed by atoms with Crippen LogP contribution in [0.1, 0.15) is 27.9 Å². The monoisotopic (exact) mass is 503 g/mol. The second kappa shape index (κ2) is 10.2. The summed E-state index contributed by atoms with van der Waals surface area (Å²) >= 11 is 0. The molecule has 184 valence electrons. The molecule has 35 heavy (non-hydrogen) atoms. The van der Waals surface area contributed by atoms with Crippen molar-refractivity contribution in [2.45, 2.75) is 30.1 Å². The second-order valence-corrected chi connectivity index (χ2v) is 10.1. The van der Waals surface area contributed by atoms with Gasteiger partial charge in [-0.2, -0.15) is 13.2 Å². The first kappa shape index (κ1) is 24.9. The number of amides is 1. The minimum atomic E-state index is -4.48. The van der Waals surface area contributed by atoms with Crippen molar-refractivity contribution in [1.82, 2.24) is 9.62 Å². The van der Waals surface area contributed by atoms with Crippen LogP contribution in [0.25, 0.3) is 0 Å². The van der Waals surface area contributed by atoms with E-state index in [0.29, 0.717) is 13.0 Å². The first-order valence-corrected chi connectivity index (χ1v) is 12.5. The van der Waals surface area contributed by atoms with Gasteiger partial charge < -0.3 is 5.32 Å². The Bertz CT molecular complexity index is 1280. The zero-order valence-electron chi connectivity index (χ0n) is 18.6. The number of sulfonamides is 1. The van der Waals surface area contributed by atoms with Crippen LogP contribution in [0, 0.1) is 0 Å². The van der Waals surface area contributed by atoms with E-state index >= 15 is 0 Å². The van der Waals surface area contributed by atoms with Crippen molar-refractivity contribution in [1.29, 1.82) is 0 Å². The van der Waals surface area contributed by atoms with E-state index in [1.807, 2.05) is 30.3 Å². The molecule has 6 nitrogen and oxygen atoms in total. The molecule has 1 heterocycles. The largest absolute Gasteiger partial charge is 0.416 e. The van der Waals surface area contributed by atoms with Gasteiger partial charge in [0.2, 0.25) is 10.0 Å². The maximum Gasteiger partial charge on any atom is 0.416 e. The molecule has 1 fully saturated rings. The highest BCUT2D eigenvalue weighted by molar-refractivity contribution is 7.89. The SMILES string of the molecule is O=C(Nc1ccc(C(F)(F)F)cc1)c1cccc(S(=O)(=O)NC2CCN(Cc3ccccc3)C2)c1. The fraction of sp³-hybridized carbons (Fsp3) is 0.240. The number of rotatable bonds is 7. The normalized spacial score (nSPS) is 16.8. The van der Waals surface area contributed by atoms with Gasteiger partial charge in [0.25, 0.3) is 5.91 Å². The Morgan fingerprint density at radius 3 is 2.37 bits per heavy atom. The van der Waals surface area contributed by atoms with Crippen LogP contribution >= 0.6 is 0 Å². The van der Waals surface area contributed by atoms with E-state index in [9.17, 15) is 26.4 Å². The molecule has 0 bridgehead atoms. The van der Waals surface area contributed by atoms with Gasteiger partial charge in [-0.3, -0.25) is 9.69 Å². The predicted octanol–water partition coefficient (Wildman–Crippen LogP) is 4.51. The third-order valence-corrected chi connectivity index (χ3v) is 7.24. The predicted molar refractivity (Wildman–Crippen MR) is 126 cm³/mol. The van der Waals surface area contributed by atoms with Crippen molar-refractivity contribution in [2.75, 3.05) is 18.4 Å². The molecule has 0 radical (unpaired) electrons. The quantitative estimate of drug-likeness (QED) is 0.497. The van der Waals surface area contributed by atoms with Crippen molar-refractivity contribution < 1.29 is 26.4 Å². The summed E-state index contributed by atoms with van der Waals surface area (Å²) in [6.07, 6.45) is -3.81. The summed E-state index contributed by atoms with van der Waals surface area (Å²) in [4.78, 5) is 14.7. The Morgan fingerprint density at radius 1 is 0.971 bits per heavy atom. The van der Waals surface area contributed by atoms with Crippen molar-refractivity contribution in [3.05, 3.63) is 95.6 Å². The van der Waals surface area contributed by atoms with E-state index in [1.165, 1.54) is 24.3 Å². The molecule has 1 saturated heterocycles. The highest BCUT2D eigenvalue weighted by atomic mass is 32.2. The number of halogens is 3. The van der Waals surface area contributed by atoms with Gasteiger partial charge in [-0.1, -0.05) is 36.4 Å². The van der Waals surface area contributed by atoms with Gasteiger partial charge in [0, 0.05) is 36.9 Å². The van der Waals surface area contributed by atoms with Gasteiger partial charge in [0.1, 0.15) is 0 Å². The molecule has 1 unspecified atom stereocenters. The lowest BCUT2D eigenvalue weighted by Gasteiger charge is -2.17. The first-order chi connectivity index (χ1) is 16.6. The molecule has 2 N–H and O–H groups in total. The van der Waals surface area contributed by atoms with Crippen LogP contribution in [-0.2, 0) is 22.7 Å². The number of nitrogens with zero attached hydrogens (tertiary/aromatic N) is 1. The van der Waals surface area contributed by atoms with Crippen molar-refractivity contribution in [3.8, 4) is 0 Å². The van der Waals surface area contributed by atoms with Crippen molar-refractivity contribution >= 4 is 21.6 Å². The minimum Gasteiger partial charge on any atom is -0.322 e. The molecule has 1 atom stereocenters. The molecule has 0 spiro atoms. The Labute approximate surface area is 201 Å². The fourth-order valence-electron chi connectivity index (χ4n) is 3.95. The number of carbonyl (C=O) groups is 1. The fourth-order valence-corrected chi connectivity index (χ4v) is 5.26. The second-order valence-electron chi connectivity index (χ2n) is 8.38. The number of likely N-dealkylation sites (tertiary alicyclic amines) is 1. The third kappa shape index (κ3) is 6.47. The molecule has 1 amide bonds. The highest BCUT2D eigenvalue weighted by Gasteiger charge is 2.30. The maximum atomic E-state index is 12.9. The molecule has 0 aromatic heterocycles. The number of hydrogen-bond donors (Lipinski definition) is 2. The molecule has 10 heteroatoms. The molecule has 4 rings (SSSR count). The summed E-state index contributed by atoms with van der Waals surface area (Å²) < 4.78 is 66.8. The van der Waals surface area contributed by atoms with Crippen LogP contribution in [0.15, 0.2) is 83.8 Å². The molecule has 3 aromatic carbocycles. The average Bonchev–Trinajstić information content (AvgIpc) is 3.25. The molecule has 1 aliphatic heterocycles. The van der Waals surface area contributed by atoms with E-state index in [2.05, 4.69) is 14.9 Å². The number of anilines is 1. The summed E-state index contributed by atoms with van der Waals surface area (Å²) in [5.41, 5.74) is 0.565. The molecule has 1 aliphatic rings. The summed E-state index contributed by atoms with van der Waals surface area (Å²) in [7, 11) is -3.87. The van der Waals surface area contributed by atoms with Crippen LogP contribution in [-0.4, -0.2) is 38.4 Å². The van der Waals surface area contributed by atoms with E-state index in [4.69, 9.17) is 0 Å². The Hall–Kier alpha value is -3.21. The minimum absolute atomic E-state index is 0.0564. The number of carbonyl (C=O) groups excluding carboxylic acids is 1. The van der Waals surface area contributed by atoms with E-state index in [1.54, 1.807) is 0 Å². The first-order valence-electron chi connectivity index (χ1n) is 11.0. The van der Waals surface area contributed by atoms with Gasteiger partial charge in [-0.15, -0.1) is 0 Å². The van der Waals surface area contributed by atoms with Crippen molar-refractivity contribution in [3.63, 3.8) is 0 Å². The molecule has 3 aromatic rings. The van der Waals surface area contributed by atoms with Gasteiger partial charge in [-0.25, -0.2) is 13.1 Å². The summed E-state index contributed by atoms with van der Waals surface area (Å²) in [5.74, 6) is -0.628. The Kier molecular flexibility index (Phi) is 7.25. The number of hydrogen-bond acceptors (Lipinski definition) is 4. The highest BCUT2D eigenvalue weighted by Crippen LogP contribution is 2.30.